The Balaban J connectivity index is 1.72. The van der Waals surface area contributed by atoms with Crippen LogP contribution in [0, 0.1) is 6.92 Å². The molecule has 152 valence electrons. The van der Waals surface area contributed by atoms with Crippen LogP contribution in [0.25, 0.3) is 0 Å². The number of piperidine rings is 1. The molecule has 0 aliphatic carbocycles. The highest BCUT2D eigenvalue weighted by molar-refractivity contribution is 7.89. The number of nitrogens with zero attached hydrogens (tertiary/aromatic N) is 3. The summed E-state index contributed by atoms with van der Waals surface area (Å²) in [5.41, 5.74) is 0.312. The maximum Gasteiger partial charge on any atom is 0.275 e. The van der Waals surface area contributed by atoms with Crippen molar-refractivity contribution in [3.05, 3.63) is 41.6 Å². The molecule has 1 amide bonds. The number of sulfonamides is 1. The molecular weight excluding hydrogens is 382 g/mol. The molecule has 28 heavy (non-hydrogen) atoms. The van der Waals surface area contributed by atoms with Gasteiger partial charge in [0.1, 0.15) is 11.5 Å². The third-order valence-electron chi connectivity index (χ3n) is 4.90. The lowest BCUT2D eigenvalue weighted by atomic mass is 9.98. The van der Waals surface area contributed by atoms with Crippen LogP contribution in [0.4, 0.5) is 0 Å². The first-order chi connectivity index (χ1) is 13.2. The number of aromatic nitrogens is 1. The van der Waals surface area contributed by atoms with Crippen molar-refractivity contribution in [3.8, 4) is 5.75 Å². The van der Waals surface area contributed by atoms with Crippen LogP contribution in [0.15, 0.2) is 33.6 Å². The van der Waals surface area contributed by atoms with E-state index in [1.165, 1.54) is 22.4 Å². The molecule has 1 aliphatic rings. The molecule has 1 aliphatic heterocycles. The van der Waals surface area contributed by atoms with Crippen molar-refractivity contribution in [1.29, 1.82) is 0 Å². The van der Waals surface area contributed by atoms with Gasteiger partial charge < -0.3 is 14.1 Å². The second-order valence-corrected chi connectivity index (χ2v) is 8.95. The summed E-state index contributed by atoms with van der Waals surface area (Å²) in [6, 6.07) is 6.47. The molecule has 0 spiro atoms. The van der Waals surface area contributed by atoms with Gasteiger partial charge in [0.15, 0.2) is 11.6 Å². The minimum atomic E-state index is -3.59. The van der Waals surface area contributed by atoms with Crippen LogP contribution in [0.2, 0.25) is 0 Å². The number of benzene rings is 1. The van der Waals surface area contributed by atoms with Crippen molar-refractivity contribution < 1.29 is 22.4 Å². The molecule has 0 bridgehead atoms. The zero-order valence-electron chi connectivity index (χ0n) is 16.5. The summed E-state index contributed by atoms with van der Waals surface area (Å²) in [6.45, 7) is 2.45. The molecule has 3 rings (SSSR count). The van der Waals surface area contributed by atoms with E-state index in [4.69, 9.17) is 9.15 Å². The molecule has 8 nitrogen and oxygen atoms in total. The second-order valence-electron chi connectivity index (χ2n) is 7.01. The van der Waals surface area contributed by atoms with Gasteiger partial charge in [-0.05, 0) is 31.9 Å². The first kappa shape index (κ1) is 20.3. The first-order valence-corrected chi connectivity index (χ1v) is 10.5. The molecule has 0 saturated carbocycles. The average Bonchev–Trinajstić information content (AvgIpc) is 3.09. The minimum absolute atomic E-state index is 0.0147. The van der Waals surface area contributed by atoms with Gasteiger partial charge in [0.05, 0.1) is 12.0 Å². The van der Waals surface area contributed by atoms with E-state index in [0.29, 0.717) is 49.0 Å². The molecule has 9 heteroatoms. The summed E-state index contributed by atoms with van der Waals surface area (Å²) in [6.07, 6.45) is 1.16. The fourth-order valence-corrected chi connectivity index (χ4v) is 4.76. The van der Waals surface area contributed by atoms with Crippen molar-refractivity contribution >= 4 is 15.9 Å². The summed E-state index contributed by atoms with van der Waals surface area (Å²) in [5, 5.41) is 0. The van der Waals surface area contributed by atoms with Gasteiger partial charge in [0, 0.05) is 39.2 Å². The Morgan fingerprint density at radius 1 is 1.29 bits per heavy atom. The SMILES string of the molecule is COc1cccc(S(=O)(=O)N2CCC(c3nc(C(=O)N(C)C)c(C)o3)CC2)c1. The third-order valence-corrected chi connectivity index (χ3v) is 6.80. The van der Waals surface area contributed by atoms with Gasteiger partial charge in [-0.15, -0.1) is 0 Å². The van der Waals surface area contributed by atoms with Crippen molar-refractivity contribution in [2.75, 3.05) is 34.3 Å². The van der Waals surface area contributed by atoms with Gasteiger partial charge in [-0.3, -0.25) is 4.79 Å². The largest absolute Gasteiger partial charge is 0.497 e. The standard InChI is InChI=1S/C19H25N3O5S/c1-13-17(19(23)21(2)3)20-18(27-13)14-8-10-22(11-9-14)28(24,25)16-7-5-6-15(12-16)26-4/h5-7,12,14H,8-11H2,1-4H3. The van der Waals surface area contributed by atoms with E-state index in [9.17, 15) is 13.2 Å². The lowest BCUT2D eigenvalue weighted by molar-refractivity contribution is 0.0821. The van der Waals surface area contributed by atoms with E-state index in [0.717, 1.165) is 0 Å². The average molecular weight is 407 g/mol. The fraction of sp³-hybridized carbons (Fsp3) is 0.474. The summed E-state index contributed by atoms with van der Waals surface area (Å²) >= 11 is 0. The Bertz CT molecular complexity index is 960. The van der Waals surface area contributed by atoms with E-state index >= 15 is 0 Å². The molecule has 1 fully saturated rings. The smallest absolute Gasteiger partial charge is 0.275 e. The number of rotatable bonds is 5. The monoisotopic (exact) mass is 407 g/mol. The molecule has 0 unspecified atom stereocenters. The van der Waals surface area contributed by atoms with Crippen molar-refractivity contribution in [3.63, 3.8) is 0 Å². The Hall–Kier alpha value is -2.39. The van der Waals surface area contributed by atoms with Crippen LogP contribution in [0.5, 0.6) is 5.75 Å². The fourth-order valence-electron chi connectivity index (χ4n) is 3.26. The predicted octanol–water partition coefficient (Wildman–Crippen LogP) is 2.26. The van der Waals surface area contributed by atoms with Crippen LogP contribution < -0.4 is 4.74 Å². The summed E-state index contributed by atoms with van der Waals surface area (Å²) < 4.78 is 38.1. The van der Waals surface area contributed by atoms with E-state index in [-0.39, 0.29) is 16.7 Å². The number of hydrogen-bond acceptors (Lipinski definition) is 6. The highest BCUT2D eigenvalue weighted by atomic mass is 32.2. The molecule has 0 atom stereocenters. The summed E-state index contributed by atoms with van der Waals surface area (Å²) in [5.74, 6) is 1.27. The maximum absolute atomic E-state index is 12.9. The maximum atomic E-state index is 12.9. The molecule has 0 N–H and O–H groups in total. The van der Waals surface area contributed by atoms with Gasteiger partial charge in [-0.25, -0.2) is 13.4 Å². The molecule has 1 aromatic heterocycles. The Kier molecular flexibility index (Phi) is 5.76. The molecule has 1 saturated heterocycles. The number of carbonyl (C=O) groups excluding carboxylic acids is 1. The third kappa shape index (κ3) is 3.90. The number of amides is 1. The van der Waals surface area contributed by atoms with Crippen LogP contribution in [-0.2, 0) is 10.0 Å². The quantitative estimate of drug-likeness (QED) is 0.755. The lowest BCUT2D eigenvalue weighted by Gasteiger charge is -2.29. The number of oxazole rings is 1. The zero-order chi connectivity index (χ0) is 20.5. The normalized spacial score (nSPS) is 16.1. The van der Waals surface area contributed by atoms with Crippen molar-refractivity contribution in [2.24, 2.45) is 0 Å². The summed E-state index contributed by atoms with van der Waals surface area (Å²) in [7, 11) is 1.25. The molecule has 2 aromatic rings. The minimum Gasteiger partial charge on any atom is -0.497 e. The number of ether oxygens (including phenoxy) is 1. The van der Waals surface area contributed by atoms with Crippen LogP contribution in [0.1, 0.15) is 40.9 Å². The number of hydrogen-bond donors (Lipinski definition) is 0. The van der Waals surface area contributed by atoms with Crippen LogP contribution >= 0.6 is 0 Å². The van der Waals surface area contributed by atoms with Gasteiger partial charge in [-0.2, -0.15) is 4.31 Å². The lowest BCUT2D eigenvalue weighted by Crippen LogP contribution is -2.38. The Labute approximate surface area is 165 Å². The highest BCUT2D eigenvalue weighted by Gasteiger charge is 2.33. The van der Waals surface area contributed by atoms with E-state index in [2.05, 4.69) is 4.98 Å². The highest BCUT2D eigenvalue weighted by Crippen LogP contribution is 2.32. The molecular formula is C19H25N3O5S. The van der Waals surface area contributed by atoms with E-state index in [1.807, 2.05) is 0 Å². The second kappa shape index (κ2) is 7.92. The van der Waals surface area contributed by atoms with E-state index < -0.39 is 10.0 Å². The summed E-state index contributed by atoms with van der Waals surface area (Å²) in [4.78, 5) is 18.2. The van der Waals surface area contributed by atoms with Gasteiger partial charge in [-0.1, -0.05) is 6.07 Å². The number of methoxy groups -OCH3 is 1. The van der Waals surface area contributed by atoms with Crippen LogP contribution in [-0.4, -0.2) is 62.8 Å². The molecule has 2 heterocycles. The topological polar surface area (TPSA) is 93.0 Å². The van der Waals surface area contributed by atoms with Gasteiger partial charge in [0.25, 0.3) is 5.91 Å². The molecule has 1 aromatic carbocycles. The van der Waals surface area contributed by atoms with E-state index in [1.54, 1.807) is 39.2 Å². The van der Waals surface area contributed by atoms with Crippen molar-refractivity contribution in [2.45, 2.75) is 30.6 Å². The van der Waals surface area contributed by atoms with Crippen molar-refractivity contribution in [1.82, 2.24) is 14.2 Å². The molecule has 0 radical (unpaired) electrons. The van der Waals surface area contributed by atoms with Gasteiger partial charge in [0.2, 0.25) is 10.0 Å². The number of carbonyl (C=O) groups is 1. The van der Waals surface area contributed by atoms with Crippen LogP contribution in [0.3, 0.4) is 0 Å². The Morgan fingerprint density at radius 2 is 1.96 bits per heavy atom. The van der Waals surface area contributed by atoms with Gasteiger partial charge >= 0.3 is 0 Å². The Morgan fingerprint density at radius 3 is 2.57 bits per heavy atom. The predicted molar refractivity (Wildman–Crippen MR) is 103 cm³/mol. The number of aryl methyl sites for hydroxylation is 1. The first-order valence-electron chi connectivity index (χ1n) is 9.07. The zero-order valence-corrected chi connectivity index (χ0v) is 17.3.